The van der Waals surface area contributed by atoms with Gasteiger partial charge in [0, 0.05) is 13.1 Å². The third-order valence-electron chi connectivity index (χ3n) is 3.08. The standard InChI is InChI=1S/C14H14N2O3S/c17-11-3-1-10(2-4-11)9-12-13(18)15-14(20-12)16-5-7-19-8-6-16/h1-4,9,17H,5-8H2/b12-9-. The second kappa shape index (κ2) is 5.68. The maximum absolute atomic E-state index is 11.9. The van der Waals surface area contributed by atoms with Crippen molar-refractivity contribution in [2.75, 3.05) is 26.3 Å². The number of aliphatic imine (C=N–C) groups is 1. The summed E-state index contributed by atoms with van der Waals surface area (Å²) in [4.78, 5) is 18.7. The van der Waals surface area contributed by atoms with Gasteiger partial charge < -0.3 is 14.7 Å². The van der Waals surface area contributed by atoms with Gasteiger partial charge in [-0.2, -0.15) is 4.99 Å². The number of nitrogens with zero attached hydrogens (tertiary/aromatic N) is 2. The van der Waals surface area contributed by atoms with Crippen molar-refractivity contribution < 1.29 is 14.6 Å². The molecule has 5 nitrogen and oxygen atoms in total. The quantitative estimate of drug-likeness (QED) is 0.798. The Kier molecular flexibility index (Phi) is 3.75. The molecular formula is C14H14N2O3S. The molecule has 0 unspecified atom stereocenters. The smallest absolute Gasteiger partial charge is 0.286 e. The molecule has 1 aromatic carbocycles. The van der Waals surface area contributed by atoms with Crippen molar-refractivity contribution in [3.05, 3.63) is 34.7 Å². The van der Waals surface area contributed by atoms with Gasteiger partial charge in [-0.05, 0) is 35.5 Å². The minimum Gasteiger partial charge on any atom is -0.508 e. The monoisotopic (exact) mass is 290 g/mol. The molecule has 0 spiro atoms. The Morgan fingerprint density at radius 2 is 1.95 bits per heavy atom. The van der Waals surface area contributed by atoms with Crippen molar-refractivity contribution in [3.8, 4) is 5.75 Å². The van der Waals surface area contributed by atoms with Crippen LogP contribution in [0.5, 0.6) is 5.75 Å². The molecule has 0 radical (unpaired) electrons. The number of benzene rings is 1. The van der Waals surface area contributed by atoms with Crippen molar-refractivity contribution in [2.24, 2.45) is 4.99 Å². The number of aromatic hydroxyl groups is 1. The summed E-state index contributed by atoms with van der Waals surface area (Å²) in [6.45, 7) is 2.88. The predicted molar refractivity (Wildman–Crippen MR) is 78.5 cm³/mol. The molecule has 0 bridgehead atoms. The number of phenols is 1. The van der Waals surface area contributed by atoms with E-state index in [0.29, 0.717) is 18.1 Å². The number of phenolic OH excluding ortho intramolecular Hbond substituents is 1. The number of amides is 1. The number of carbonyl (C=O) groups excluding carboxylic acids is 1. The summed E-state index contributed by atoms with van der Waals surface area (Å²) in [6.07, 6.45) is 1.80. The Hall–Kier alpha value is -1.79. The summed E-state index contributed by atoms with van der Waals surface area (Å²) >= 11 is 1.39. The first-order chi connectivity index (χ1) is 9.72. The Morgan fingerprint density at radius 1 is 1.25 bits per heavy atom. The number of hydrogen-bond donors (Lipinski definition) is 1. The number of rotatable bonds is 1. The lowest BCUT2D eigenvalue weighted by atomic mass is 10.2. The minimum atomic E-state index is -0.204. The lowest BCUT2D eigenvalue weighted by Crippen LogP contribution is -2.38. The van der Waals surface area contributed by atoms with Crippen LogP contribution in [0.1, 0.15) is 5.56 Å². The fourth-order valence-electron chi connectivity index (χ4n) is 2.01. The molecule has 1 amide bonds. The van der Waals surface area contributed by atoms with E-state index in [4.69, 9.17) is 4.74 Å². The van der Waals surface area contributed by atoms with Gasteiger partial charge in [0.1, 0.15) is 5.75 Å². The van der Waals surface area contributed by atoms with Gasteiger partial charge in [0.25, 0.3) is 5.91 Å². The van der Waals surface area contributed by atoms with E-state index in [2.05, 4.69) is 9.89 Å². The topological polar surface area (TPSA) is 62.1 Å². The summed E-state index contributed by atoms with van der Waals surface area (Å²) in [5.74, 6) is 0.00683. The SMILES string of the molecule is O=C1N=C(N2CCOCC2)S/C1=C\c1ccc(O)cc1. The van der Waals surface area contributed by atoms with Crippen LogP contribution < -0.4 is 0 Å². The second-order valence-corrected chi connectivity index (χ2v) is 5.51. The highest BCUT2D eigenvalue weighted by molar-refractivity contribution is 8.18. The Bertz CT molecular complexity index is 575. The molecule has 3 rings (SSSR count). The van der Waals surface area contributed by atoms with E-state index in [0.717, 1.165) is 23.8 Å². The number of thioether (sulfide) groups is 1. The van der Waals surface area contributed by atoms with Crippen LogP contribution in [0.15, 0.2) is 34.2 Å². The summed E-state index contributed by atoms with van der Waals surface area (Å²) in [6, 6.07) is 6.73. The first-order valence-corrected chi connectivity index (χ1v) is 7.18. The van der Waals surface area contributed by atoms with Crippen LogP contribution in [-0.2, 0) is 9.53 Å². The molecule has 0 saturated carbocycles. The zero-order chi connectivity index (χ0) is 13.9. The van der Waals surface area contributed by atoms with Gasteiger partial charge in [-0.25, -0.2) is 0 Å². The highest BCUT2D eigenvalue weighted by atomic mass is 32.2. The van der Waals surface area contributed by atoms with Crippen LogP contribution in [-0.4, -0.2) is 47.4 Å². The van der Waals surface area contributed by atoms with Gasteiger partial charge >= 0.3 is 0 Å². The van der Waals surface area contributed by atoms with Crippen LogP contribution in [0.2, 0.25) is 0 Å². The summed E-state index contributed by atoms with van der Waals surface area (Å²) in [7, 11) is 0. The first-order valence-electron chi connectivity index (χ1n) is 6.37. The van der Waals surface area contributed by atoms with Crippen molar-refractivity contribution in [1.29, 1.82) is 0 Å². The summed E-state index contributed by atoms with van der Waals surface area (Å²) < 4.78 is 5.29. The van der Waals surface area contributed by atoms with E-state index in [-0.39, 0.29) is 11.7 Å². The zero-order valence-electron chi connectivity index (χ0n) is 10.8. The van der Waals surface area contributed by atoms with Crippen LogP contribution in [0.3, 0.4) is 0 Å². The maximum Gasteiger partial charge on any atom is 0.286 e. The lowest BCUT2D eigenvalue weighted by Gasteiger charge is -2.27. The molecule has 1 aromatic rings. The highest BCUT2D eigenvalue weighted by Gasteiger charge is 2.26. The zero-order valence-corrected chi connectivity index (χ0v) is 11.6. The highest BCUT2D eigenvalue weighted by Crippen LogP contribution is 2.30. The number of hydrogen-bond acceptors (Lipinski definition) is 5. The summed E-state index contributed by atoms with van der Waals surface area (Å²) in [5.41, 5.74) is 0.872. The fourth-order valence-corrected chi connectivity index (χ4v) is 2.97. The fraction of sp³-hybridized carbons (Fsp3) is 0.286. The van der Waals surface area contributed by atoms with E-state index in [1.165, 1.54) is 11.8 Å². The minimum absolute atomic E-state index is 0.204. The molecule has 2 aliphatic heterocycles. The van der Waals surface area contributed by atoms with E-state index in [9.17, 15) is 9.90 Å². The molecular weight excluding hydrogens is 276 g/mol. The molecule has 2 heterocycles. The van der Waals surface area contributed by atoms with E-state index in [1.54, 1.807) is 30.3 Å². The molecule has 104 valence electrons. The third-order valence-corrected chi connectivity index (χ3v) is 4.13. The molecule has 1 saturated heterocycles. The largest absolute Gasteiger partial charge is 0.508 e. The van der Waals surface area contributed by atoms with Gasteiger partial charge in [-0.3, -0.25) is 4.79 Å². The van der Waals surface area contributed by atoms with Gasteiger partial charge in [0.05, 0.1) is 18.1 Å². The van der Waals surface area contributed by atoms with Crippen molar-refractivity contribution in [3.63, 3.8) is 0 Å². The van der Waals surface area contributed by atoms with Gasteiger partial charge in [-0.1, -0.05) is 12.1 Å². The van der Waals surface area contributed by atoms with Gasteiger partial charge in [-0.15, -0.1) is 0 Å². The number of morpholine rings is 1. The number of carbonyl (C=O) groups is 1. The number of amidine groups is 1. The first kappa shape index (κ1) is 13.2. The normalized spacial score (nSPS) is 21.4. The second-order valence-electron chi connectivity index (χ2n) is 4.50. The summed E-state index contributed by atoms with van der Waals surface area (Å²) in [5, 5.41) is 10.0. The molecule has 20 heavy (non-hydrogen) atoms. The Labute approximate surface area is 120 Å². The van der Waals surface area contributed by atoms with Gasteiger partial charge in [0.15, 0.2) is 5.17 Å². The molecule has 0 atom stereocenters. The van der Waals surface area contributed by atoms with Crippen LogP contribution in [0.4, 0.5) is 0 Å². The van der Waals surface area contributed by atoms with Crippen LogP contribution in [0.25, 0.3) is 6.08 Å². The molecule has 0 aliphatic carbocycles. The van der Waals surface area contributed by atoms with Crippen molar-refractivity contribution in [1.82, 2.24) is 4.90 Å². The maximum atomic E-state index is 11.9. The van der Waals surface area contributed by atoms with E-state index in [1.807, 2.05) is 0 Å². The van der Waals surface area contributed by atoms with E-state index >= 15 is 0 Å². The Morgan fingerprint density at radius 3 is 2.65 bits per heavy atom. The average Bonchev–Trinajstić information content (AvgIpc) is 2.84. The Balaban J connectivity index is 1.74. The molecule has 0 aromatic heterocycles. The average molecular weight is 290 g/mol. The van der Waals surface area contributed by atoms with Crippen molar-refractivity contribution in [2.45, 2.75) is 0 Å². The molecule has 6 heteroatoms. The van der Waals surface area contributed by atoms with Crippen molar-refractivity contribution >= 4 is 28.9 Å². The predicted octanol–water partition coefficient (Wildman–Crippen LogP) is 1.69. The van der Waals surface area contributed by atoms with Gasteiger partial charge in [0.2, 0.25) is 0 Å². The van der Waals surface area contributed by atoms with Crippen LogP contribution in [0, 0.1) is 0 Å². The molecule has 1 fully saturated rings. The third kappa shape index (κ3) is 2.86. The van der Waals surface area contributed by atoms with Crippen LogP contribution >= 0.6 is 11.8 Å². The van der Waals surface area contributed by atoms with E-state index < -0.39 is 0 Å². The molecule has 1 N–H and O–H groups in total. The lowest BCUT2D eigenvalue weighted by molar-refractivity contribution is -0.113. The molecule has 2 aliphatic rings. The number of ether oxygens (including phenoxy) is 1.